The standard InChI is InChI=1S/C70H89N3O33/c1-31(74)90-28-51-57(94-34(4)77)63(100-40(10)83)60(97-37(7)80)54(103-51)47(66(86)72-26-49(68(88)106-70(13,14)15)56-62(99-39(9)82)65(102-42(12)85)59(96-36(6)79)53(105-56)30-92-33(3)76)24-71-67(87)48(25-73-69(89)93-27-50-45-22-18-16-20-43(45)44-21-17-19-23-46(44)50)55-61(98-38(8)81)64(101-41(11)84)58(95-35(5)78)52(104-55)29-91-32(2)75/h16-23,47-65H,24-30H2,1-15H3,(H,71,87)(H,72,86)(H,73,89)/t47-,48-,49-,51+,52+,53+,54-,55-,56-,57+,58+,59+,60-,61-,62-,63-,64-,65-/m0/s1. The number of alkyl carbamates (subject to hydrolysis) is 1. The summed E-state index contributed by atoms with van der Waals surface area (Å²) in [6, 6.07) is 14.8. The maximum absolute atomic E-state index is 16.0. The van der Waals surface area contributed by atoms with E-state index in [1.807, 2.05) is 36.4 Å². The lowest BCUT2D eigenvalue weighted by atomic mass is 9.84. The first-order valence-electron chi connectivity index (χ1n) is 33.5. The Bertz CT molecular complexity index is 3560. The average Bonchev–Trinajstić information content (AvgIpc) is 1.28. The Kier molecular flexibility index (Phi) is 30.4. The Labute approximate surface area is 608 Å². The maximum Gasteiger partial charge on any atom is 0.407 e. The third kappa shape index (κ3) is 23.8. The normalized spacial score (nSPS) is 25.3. The van der Waals surface area contributed by atoms with Gasteiger partial charge in [-0.15, -0.1) is 0 Å². The smallest absolute Gasteiger partial charge is 0.407 e. The van der Waals surface area contributed by atoms with Crippen LogP contribution in [0.2, 0.25) is 0 Å². The van der Waals surface area contributed by atoms with Gasteiger partial charge in [0.2, 0.25) is 11.8 Å². The molecule has 2 aromatic carbocycles. The van der Waals surface area contributed by atoms with E-state index in [0.717, 1.165) is 105 Å². The highest BCUT2D eigenvalue weighted by Crippen LogP contribution is 2.45. The zero-order valence-corrected chi connectivity index (χ0v) is 61.0. The van der Waals surface area contributed by atoms with Crippen LogP contribution >= 0.6 is 0 Å². The molecule has 0 spiro atoms. The highest BCUT2D eigenvalue weighted by atomic mass is 16.7. The number of esters is 13. The van der Waals surface area contributed by atoms with Gasteiger partial charge in [-0.3, -0.25) is 71.9 Å². The molecule has 0 bridgehead atoms. The lowest BCUT2D eigenvalue weighted by Gasteiger charge is -2.47. The van der Waals surface area contributed by atoms with E-state index in [1.54, 1.807) is 12.1 Å². The molecule has 2 aromatic rings. The van der Waals surface area contributed by atoms with Gasteiger partial charge in [0.05, 0.1) is 11.8 Å². The van der Waals surface area contributed by atoms with Crippen molar-refractivity contribution in [3.63, 3.8) is 0 Å². The molecular formula is C70H89N3O33. The second-order valence-electron chi connectivity index (χ2n) is 26.0. The van der Waals surface area contributed by atoms with Crippen LogP contribution in [-0.4, -0.2) is 239 Å². The first-order valence-corrected chi connectivity index (χ1v) is 33.5. The van der Waals surface area contributed by atoms with Gasteiger partial charge in [-0.05, 0) is 43.0 Å². The Hall–Kier alpha value is -10.4. The van der Waals surface area contributed by atoms with Gasteiger partial charge in [-0.25, -0.2) is 4.79 Å². The summed E-state index contributed by atoms with van der Waals surface area (Å²) in [5, 5.41) is 7.64. The second kappa shape index (κ2) is 38.1. The van der Waals surface area contributed by atoms with Gasteiger partial charge >= 0.3 is 83.7 Å². The minimum atomic E-state index is -2.16. The van der Waals surface area contributed by atoms with Crippen molar-refractivity contribution in [3.8, 4) is 11.1 Å². The highest BCUT2D eigenvalue weighted by molar-refractivity contribution is 5.85. The summed E-state index contributed by atoms with van der Waals surface area (Å²) in [5.41, 5.74) is 1.96. The predicted octanol–water partition coefficient (Wildman–Crippen LogP) is 1.32. The number of nitrogens with one attached hydrogen (secondary N) is 3. The van der Waals surface area contributed by atoms with Crippen molar-refractivity contribution >= 4 is 95.5 Å². The molecule has 0 saturated carbocycles. The number of rotatable bonds is 29. The first kappa shape index (κ1) is 84.6. The fourth-order valence-corrected chi connectivity index (χ4v) is 12.7. The number of benzene rings is 2. The number of carbonyl (C=O) groups is 16. The molecule has 36 heteroatoms. The number of ether oxygens (including phenoxy) is 17. The molecule has 0 unspecified atom stereocenters. The van der Waals surface area contributed by atoms with E-state index in [0.29, 0.717) is 0 Å². The number of amides is 3. The van der Waals surface area contributed by atoms with Crippen molar-refractivity contribution in [3.05, 3.63) is 59.7 Å². The van der Waals surface area contributed by atoms with Gasteiger partial charge in [-0.1, -0.05) is 48.5 Å². The van der Waals surface area contributed by atoms with Gasteiger partial charge in [0.15, 0.2) is 54.9 Å². The molecule has 18 atom stereocenters. The van der Waals surface area contributed by atoms with Crippen LogP contribution in [0.25, 0.3) is 11.1 Å². The topological polar surface area (TPSA) is 466 Å². The fourth-order valence-electron chi connectivity index (χ4n) is 12.7. The van der Waals surface area contributed by atoms with E-state index in [9.17, 15) is 67.1 Å². The number of carbonyl (C=O) groups excluding carboxylic acids is 16. The Morgan fingerprint density at radius 2 is 0.613 bits per heavy atom. The van der Waals surface area contributed by atoms with Crippen LogP contribution in [0.3, 0.4) is 0 Å². The van der Waals surface area contributed by atoms with Crippen molar-refractivity contribution in [2.45, 2.75) is 207 Å². The molecular weight excluding hydrogens is 1410 g/mol. The molecule has 3 fully saturated rings. The number of hydrogen-bond acceptors (Lipinski definition) is 33. The van der Waals surface area contributed by atoms with Crippen LogP contribution in [0.5, 0.6) is 0 Å². The van der Waals surface area contributed by atoms with E-state index in [1.165, 1.54) is 20.8 Å². The summed E-state index contributed by atoms with van der Waals surface area (Å²) < 4.78 is 98.0. The monoisotopic (exact) mass is 1500 g/mol. The summed E-state index contributed by atoms with van der Waals surface area (Å²) in [6.07, 6.45) is -29.8. The predicted molar refractivity (Wildman–Crippen MR) is 351 cm³/mol. The number of hydrogen-bond donors (Lipinski definition) is 3. The van der Waals surface area contributed by atoms with Crippen LogP contribution in [0.4, 0.5) is 4.79 Å². The molecule has 6 rings (SSSR count). The highest BCUT2D eigenvalue weighted by Gasteiger charge is 2.60. The van der Waals surface area contributed by atoms with Crippen LogP contribution in [0, 0.1) is 17.8 Å². The summed E-state index contributed by atoms with van der Waals surface area (Å²) in [7, 11) is 0. The van der Waals surface area contributed by atoms with E-state index < -0.39 is 256 Å². The summed E-state index contributed by atoms with van der Waals surface area (Å²) in [6.45, 7) is 9.85. The van der Waals surface area contributed by atoms with Crippen molar-refractivity contribution in [2.24, 2.45) is 17.8 Å². The summed E-state index contributed by atoms with van der Waals surface area (Å²) >= 11 is 0. The minimum Gasteiger partial charge on any atom is -0.463 e. The van der Waals surface area contributed by atoms with E-state index in [2.05, 4.69) is 16.0 Å². The Morgan fingerprint density at radius 1 is 0.340 bits per heavy atom. The lowest BCUT2D eigenvalue weighted by molar-refractivity contribution is -0.262. The third-order valence-corrected chi connectivity index (χ3v) is 16.5. The van der Waals surface area contributed by atoms with Crippen LogP contribution < -0.4 is 16.0 Å². The molecule has 106 heavy (non-hydrogen) atoms. The molecule has 1 aliphatic carbocycles. The molecule has 4 aliphatic rings. The molecule has 3 aliphatic heterocycles. The quantitative estimate of drug-likeness (QED) is 0.0764. The molecule has 582 valence electrons. The van der Waals surface area contributed by atoms with Gasteiger partial charge < -0.3 is 96.5 Å². The Morgan fingerprint density at radius 3 is 0.915 bits per heavy atom. The van der Waals surface area contributed by atoms with Gasteiger partial charge in [-0.2, -0.15) is 0 Å². The van der Waals surface area contributed by atoms with Gasteiger partial charge in [0.1, 0.15) is 74.6 Å². The zero-order chi connectivity index (χ0) is 78.8. The molecule has 36 nitrogen and oxygen atoms in total. The minimum absolute atomic E-state index is 0.287. The van der Waals surface area contributed by atoms with E-state index in [4.69, 9.17) is 80.5 Å². The molecule has 0 radical (unpaired) electrons. The first-order chi connectivity index (χ1) is 49.7. The Balaban J connectivity index is 1.56. The SMILES string of the molecule is CC(=O)OC[C@H]1O[C@@H]([C@H](CNC(=O)OCC2c3ccccc3-c3ccccc32)C(=O)NC[C@H](C(=O)NC[C@H](C(=O)OC(C)(C)C)[C@@H]2O[C@H](COC(C)=O)[C@@H](OC(C)=O)[C@H](OC(C)=O)[C@H]2OC(C)=O)[C@@H]2O[C@H](COC(C)=O)[C@@H](OC(C)=O)[C@H](OC(C)=O)[C@H]2OC(C)=O)[C@H](OC(C)=O)[C@@H](OC(C)=O)[C@@H]1OC(C)=O. The van der Waals surface area contributed by atoms with Crippen molar-refractivity contribution in [1.82, 2.24) is 16.0 Å². The molecule has 3 amide bonds. The molecule has 3 N–H and O–H groups in total. The van der Waals surface area contributed by atoms with Crippen molar-refractivity contribution in [1.29, 1.82) is 0 Å². The van der Waals surface area contributed by atoms with E-state index >= 15 is 9.59 Å². The zero-order valence-electron chi connectivity index (χ0n) is 61.0. The largest absolute Gasteiger partial charge is 0.463 e. The van der Waals surface area contributed by atoms with Crippen LogP contribution in [-0.2, 0) is 152 Å². The number of fused-ring (bicyclic) bond motifs is 3. The molecule has 0 aromatic heterocycles. The average molecular weight is 1500 g/mol. The van der Waals surface area contributed by atoms with Crippen molar-refractivity contribution in [2.75, 3.05) is 46.1 Å². The van der Waals surface area contributed by atoms with E-state index in [-0.39, 0.29) is 6.61 Å². The summed E-state index contributed by atoms with van der Waals surface area (Å²) in [5.74, 6) is -23.1. The molecule has 3 heterocycles. The summed E-state index contributed by atoms with van der Waals surface area (Å²) in [4.78, 5) is 216. The lowest BCUT2D eigenvalue weighted by Crippen LogP contribution is -2.67. The van der Waals surface area contributed by atoms with Crippen molar-refractivity contribution < 1.29 is 157 Å². The van der Waals surface area contributed by atoms with Crippen LogP contribution in [0.1, 0.15) is 121 Å². The van der Waals surface area contributed by atoms with Gasteiger partial charge in [0.25, 0.3) is 0 Å². The van der Waals surface area contributed by atoms with Crippen LogP contribution in [0.15, 0.2) is 48.5 Å². The third-order valence-electron chi connectivity index (χ3n) is 16.5. The molecule has 3 saturated heterocycles. The maximum atomic E-state index is 16.0. The van der Waals surface area contributed by atoms with Gasteiger partial charge in [0, 0.05) is 109 Å². The second-order valence-corrected chi connectivity index (χ2v) is 26.0. The fraction of sp³-hybridized carbons (Fsp3) is 0.600.